The predicted molar refractivity (Wildman–Crippen MR) is 121 cm³/mol. The van der Waals surface area contributed by atoms with E-state index in [4.69, 9.17) is 36.7 Å². The van der Waals surface area contributed by atoms with Crippen LogP contribution in [0.5, 0.6) is 11.5 Å². The summed E-state index contributed by atoms with van der Waals surface area (Å²) >= 11 is 6.20. The Bertz CT molecular complexity index is 1190. The zero-order valence-corrected chi connectivity index (χ0v) is 18.6. The Morgan fingerprint density at radius 1 is 1.18 bits per heavy atom. The fourth-order valence-corrected chi connectivity index (χ4v) is 3.71. The average Bonchev–Trinajstić information content (AvgIpc) is 3.23. The van der Waals surface area contributed by atoms with Crippen molar-refractivity contribution in [1.82, 2.24) is 4.98 Å². The fourth-order valence-electron chi connectivity index (χ4n) is 3.49. The minimum Gasteiger partial charge on any atom is -0.495 e. The Morgan fingerprint density at radius 3 is 2.53 bits per heavy atom. The Kier molecular flexibility index (Phi) is 7.85. The van der Waals surface area contributed by atoms with E-state index in [1.165, 1.54) is 12.1 Å². The molecule has 1 atom stereocenters. The van der Waals surface area contributed by atoms with E-state index < -0.39 is 12.2 Å². The van der Waals surface area contributed by atoms with Crippen LogP contribution in [-0.4, -0.2) is 42.9 Å². The van der Waals surface area contributed by atoms with Gasteiger partial charge in [0.15, 0.2) is 5.54 Å². The Hall–Kier alpha value is -3.92. The molecule has 1 unspecified atom stereocenters. The van der Waals surface area contributed by atoms with Gasteiger partial charge in [-0.05, 0) is 41.0 Å². The maximum absolute atomic E-state index is 12.6. The Labute approximate surface area is 198 Å². The molecule has 0 fully saturated rings. The third-order valence-corrected chi connectivity index (χ3v) is 5.27. The van der Waals surface area contributed by atoms with Crippen molar-refractivity contribution >= 4 is 24.1 Å². The van der Waals surface area contributed by atoms with Crippen LogP contribution >= 0.6 is 11.6 Å². The van der Waals surface area contributed by atoms with Gasteiger partial charge in [0.1, 0.15) is 18.1 Å². The molecule has 11 heteroatoms. The van der Waals surface area contributed by atoms with E-state index in [1.54, 1.807) is 25.6 Å². The molecule has 34 heavy (non-hydrogen) atoms. The molecule has 0 saturated heterocycles. The molecule has 3 aromatic rings. The van der Waals surface area contributed by atoms with Gasteiger partial charge in [-0.3, -0.25) is 9.78 Å². The van der Waals surface area contributed by atoms with Gasteiger partial charge < -0.3 is 25.1 Å². The number of methoxy groups -OCH3 is 1. The van der Waals surface area contributed by atoms with Gasteiger partial charge >= 0.3 is 6.61 Å². The van der Waals surface area contributed by atoms with Gasteiger partial charge in [-0.25, -0.2) is 4.99 Å². The number of rotatable bonds is 6. The summed E-state index contributed by atoms with van der Waals surface area (Å²) < 4.78 is 40.4. The molecule has 1 aromatic heterocycles. The van der Waals surface area contributed by atoms with Gasteiger partial charge in [0.2, 0.25) is 0 Å². The second-order valence-corrected chi connectivity index (χ2v) is 7.33. The first-order chi connectivity index (χ1) is 16.3. The highest BCUT2D eigenvalue weighted by molar-refractivity contribution is 6.32. The first kappa shape index (κ1) is 24.7. The lowest BCUT2D eigenvalue weighted by Crippen LogP contribution is -2.27. The van der Waals surface area contributed by atoms with Crippen molar-refractivity contribution in [2.75, 3.05) is 13.7 Å². The van der Waals surface area contributed by atoms with Crippen molar-refractivity contribution in [3.8, 4) is 22.6 Å². The van der Waals surface area contributed by atoms with Gasteiger partial charge in [-0.15, -0.1) is 0 Å². The molecule has 2 aromatic carbocycles. The molecule has 3 N–H and O–H groups in total. The number of aliphatic imine (C=N–C) groups is 1. The van der Waals surface area contributed by atoms with Crippen LogP contribution in [0, 0.1) is 0 Å². The first-order valence-electron chi connectivity index (χ1n) is 9.73. The van der Waals surface area contributed by atoms with Crippen LogP contribution in [0.1, 0.15) is 11.1 Å². The topological polar surface area (TPSA) is 116 Å². The standard InChI is InChI=1S/C22H18ClF2N3O3.CH2O2/c1-29-17-8-14(10-27-11-17)13-3-2-4-15(7-13)22(12-30-21(26)28-22)16-5-6-19(18(23)9-16)31-20(24)25;2-1-3/h2-11,20H,12H2,1H3,(H2,26,28);1H,(H,2,3). The lowest BCUT2D eigenvalue weighted by molar-refractivity contribution is -0.122. The first-order valence-corrected chi connectivity index (χ1v) is 10.1. The maximum atomic E-state index is 12.6. The summed E-state index contributed by atoms with van der Waals surface area (Å²) in [6, 6.07) is 14.1. The number of halogens is 3. The molecule has 0 spiro atoms. The van der Waals surface area contributed by atoms with E-state index in [2.05, 4.69) is 14.7 Å². The normalized spacial score (nSPS) is 16.7. The number of hydrogen-bond donors (Lipinski definition) is 2. The van der Waals surface area contributed by atoms with Crippen molar-refractivity contribution in [1.29, 1.82) is 0 Å². The van der Waals surface area contributed by atoms with Crippen LogP contribution in [0.3, 0.4) is 0 Å². The third kappa shape index (κ3) is 5.34. The number of nitrogens with two attached hydrogens (primary N) is 1. The molecule has 0 saturated carbocycles. The van der Waals surface area contributed by atoms with Gasteiger partial charge in [0.25, 0.3) is 12.5 Å². The number of nitrogens with zero attached hydrogens (tertiary/aromatic N) is 2. The molecular formula is C23H20ClF2N3O5. The van der Waals surface area contributed by atoms with Crippen molar-refractivity contribution in [2.24, 2.45) is 10.7 Å². The second-order valence-electron chi connectivity index (χ2n) is 6.92. The Balaban J connectivity index is 0.00000103. The highest BCUT2D eigenvalue weighted by atomic mass is 35.5. The lowest BCUT2D eigenvalue weighted by atomic mass is 9.83. The summed E-state index contributed by atoms with van der Waals surface area (Å²) in [5.74, 6) is 0.508. The van der Waals surface area contributed by atoms with Crippen LogP contribution in [0.4, 0.5) is 8.78 Å². The van der Waals surface area contributed by atoms with Crippen LogP contribution in [-0.2, 0) is 15.1 Å². The quantitative estimate of drug-likeness (QED) is 0.494. The van der Waals surface area contributed by atoms with Crippen LogP contribution in [0.2, 0.25) is 5.02 Å². The summed E-state index contributed by atoms with van der Waals surface area (Å²) in [6.45, 7) is -3.10. The largest absolute Gasteiger partial charge is 0.495 e. The summed E-state index contributed by atoms with van der Waals surface area (Å²) in [7, 11) is 1.57. The van der Waals surface area contributed by atoms with Crippen LogP contribution in [0.25, 0.3) is 11.1 Å². The predicted octanol–water partition coefficient (Wildman–Crippen LogP) is 4.30. The Morgan fingerprint density at radius 2 is 1.91 bits per heavy atom. The summed E-state index contributed by atoms with van der Waals surface area (Å²) in [5, 5.41) is 6.92. The third-order valence-electron chi connectivity index (χ3n) is 4.98. The fraction of sp³-hybridized carbons (Fsp3) is 0.174. The summed E-state index contributed by atoms with van der Waals surface area (Å²) in [4.78, 5) is 17.1. The minimum absolute atomic E-state index is 0.0254. The molecule has 0 bridgehead atoms. The van der Waals surface area contributed by atoms with E-state index in [0.717, 1.165) is 16.7 Å². The zero-order valence-electron chi connectivity index (χ0n) is 17.8. The number of carboxylic acid groups (broad SMARTS) is 1. The van der Waals surface area contributed by atoms with Crippen LogP contribution in [0.15, 0.2) is 65.9 Å². The number of hydrogen-bond acceptors (Lipinski definition) is 7. The number of pyridine rings is 1. The second kappa shape index (κ2) is 10.8. The monoisotopic (exact) mass is 491 g/mol. The molecule has 8 nitrogen and oxygen atoms in total. The van der Waals surface area contributed by atoms with Crippen LogP contribution < -0.4 is 15.2 Å². The van der Waals surface area contributed by atoms with Gasteiger partial charge in [0, 0.05) is 11.8 Å². The summed E-state index contributed by atoms with van der Waals surface area (Å²) in [6.07, 6.45) is 3.35. The highest BCUT2D eigenvalue weighted by Crippen LogP contribution is 2.41. The molecule has 1 aliphatic heterocycles. The van der Waals surface area contributed by atoms with E-state index in [9.17, 15) is 8.78 Å². The van der Waals surface area contributed by atoms with E-state index in [1.807, 2.05) is 30.3 Å². The molecule has 178 valence electrons. The van der Waals surface area contributed by atoms with Gasteiger partial charge in [-0.1, -0.05) is 35.9 Å². The van der Waals surface area contributed by atoms with E-state index in [0.29, 0.717) is 11.3 Å². The van der Waals surface area contributed by atoms with Crippen molar-refractivity contribution < 1.29 is 32.9 Å². The lowest BCUT2D eigenvalue weighted by Gasteiger charge is -2.26. The van der Waals surface area contributed by atoms with Crippen molar-refractivity contribution in [3.63, 3.8) is 0 Å². The zero-order chi connectivity index (χ0) is 24.7. The molecule has 0 amide bonds. The smallest absolute Gasteiger partial charge is 0.387 e. The number of carbonyl (C=O) groups is 1. The summed E-state index contributed by atoms with van der Waals surface area (Å²) in [5.41, 5.74) is 7.99. The number of benzene rings is 2. The van der Waals surface area contributed by atoms with Gasteiger partial charge in [-0.2, -0.15) is 8.78 Å². The van der Waals surface area contributed by atoms with Gasteiger partial charge in [0.05, 0.1) is 18.3 Å². The molecule has 0 radical (unpaired) electrons. The molecule has 4 rings (SSSR count). The SMILES string of the molecule is COc1cncc(-c2cccc(C3(c4ccc(OC(F)F)c(Cl)c4)COC(N)=N3)c2)c1.O=CO. The molecular weight excluding hydrogens is 472 g/mol. The van der Waals surface area contributed by atoms with Crippen molar-refractivity contribution in [2.45, 2.75) is 12.2 Å². The maximum Gasteiger partial charge on any atom is 0.387 e. The number of aromatic nitrogens is 1. The molecule has 1 aliphatic rings. The number of alkyl halides is 2. The van der Waals surface area contributed by atoms with E-state index >= 15 is 0 Å². The molecule has 2 heterocycles. The highest BCUT2D eigenvalue weighted by Gasteiger charge is 2.40. The minimum atomic E-state index is -2.98. The number of ether oxygens (including phenoxy) is 3. The average molecular weight is 492 g/mol. The van der Waals surface area contributed by atoms with E-state index in [-0.39, 0.29) is 29.9 Å². The number of amidine groups is 1. The molecule has 0 aliphatic carbocycles. The van der Waals surface area contributed by atoms with Crippen molar-refractivity contribution in [3.05, 3.63) is 77.1 Å².